The van der Waals surface area contributed by atoms with E-state index < -0.39 is 17.6 Å². The average molecular weight is 412 g/mol. The molecule has 0 aliphatic carbocycles. The van der Waals surface area contributed by atoms with Gasteiger partial charge in [-0.1, -0.05) is 36.4 Å². The number of anilines is 2. The highest BCUT2D eigenvalue weighted by Crippen LogP contribution is 2.30. The molecule has 0 unspecified atom stereocenters. The molecule has 3 rings (SSSR count). The lowest BCUT2D eigenvalue weighted by atomic mass is 10.1. The molecule has 0 atom stereocenters. The van der Waals surface area contributed by atoms with E-state index in [1.807, 2.05) is 30.3 Å². The van der Waals surface area contributed by atoms with Gasteiger partial charge in [-0.2, -0.15) is 13.2 Å². The van der Waals surface area contributed by atoms with Crippen molar-refractivity contribution in [3.8, 4) is 0 Å². The van der Waals surface area contributed by atoms with Crippen LogP contribution < -0.4 is 10.6 Å². The lowest BCUT2D eigenvalue weighted by molar-refractivity contribution is -0.137. The minimum absolute atomic E-state index is 0.0492. The van der Waals surface area contributed by atoms with E-state index >= 15 is 0 Å². The number of nitrogens with one attached hydrogen (secondary N) is 2. The van der Waals surface area contributed by atoms with Gasteiger partial charge in [0.05, 0.1) is 5.56 Å². The van der Waals surface area contributed by atoms with Gasteiger partial charge in [-0.25, -0.2) is 0 Å². The van der Waals surface area contributed by atoms with Crippen molar-refractivity contribution in [2.75, 3.05) is 10.6 Å². The van der Waals surface area contributed by atoms with Crippen molar-refractivity contribution in [1.29, 1.82) is 0 Å². The van der Waals surface area contributed by atoms with Crippen LogP contribution in [0.3, 0.4) is 0 Å². The Kier molecular flexibility index (Phi) is 6.51. The number of hydrogen-bond donors (Lipinski definition) is 2. The summed E-state index contributed by atoms with van der Waals surface area (Å²) in [5, 5.41) is 5.20. The smallest absolute Gasteiger partial charge is 0.326 e. The molecule has 0 heterocycles. The number of alkyl halides is 3. The van der Waals surface area contributed by atoms with Crippen molar-refractivity contribution >= 4 is 23.2 Å². The van der Waals surface area contributed by atoms with Crippen LogP contribution in [0.15, 0.2) is 78.9 Å². The maximum atomic E-state index is 12.8. The first kappa shape index (κ1) is 21.1. The number of rotatable bonds is 6. The van der Waals surface area contributed by atoms with Gasteiger partial charge >= 0.3 is 6.18 Å². The molecule has 154 valence electrons. The number of amides is 2. The fraction of sp³-hybridized carbons (Fsp3) is 0.130. The molecule has 0 radical (unpaired) electrons. The van der Waals surface area contributed by atoms with E-state index in [1.54, 1.807) is 12.1 Å². The summed E-state index contributed by atoms with van der Waals surface area (Å²) in [4.78, 5) is 24.4. The molecule has 3 aromatic carbocycles. The molecule has 0 bridgehead atoms. The number of carbonyl (C=O) groups excluding carboxylic acids is 2. The first-order chi connectivity index (χ1) is 14.3. The summed E-state index contributed by atoms with van der Waals surface area (Å²) in [5.41, 5.74) is 1.06. The van der Waals surface area contributed by atoms with Crippen LogP contribution >= 0.6 is 0 Å². The van der Waals surface area contributed by atoms with E-state index in [-0.39, 0.29) is 17.2 Å². The third-order valence-electron chi connectivity index (χ3n) is 4.36. The van der Waals surface area contributed by atoms with Gasteiger partial charge in [0, 0.05) is 23.4 Å². The summed E-state index contributed by atoms with van der Waals surface area (Å²) >= 11 is 0. The van der Waals surface area contributed by atoms with Crippen LogP contribution in [-0.4, -0.2) is 11.8 Å². The number of hydrogen-bond acceptors (Lipinski definition) is 2. The Labute approximate surface area is 171 Å². The van der Waals surface area contributed by atoms with E-state index in [1.165, 1.54) is 24.3 Å². The molecule has 0 fully saturated rings. The molecule has 0 aliphatic heterocycles. The molecule has 4 nitrogen and oxygen atoms in total. The molecule has 2 amide bonds. The molecule has 0 aliphatic rings. The van der Waals surface area contributed by atoms with E-state index in [9.17, 15) is 22.8 Å². The molecule has 3 aromatic rings. The van der Waals surface area contributed by atoms with Crippen LogP contribution in [0.1, 0.15) is 27.9 Å². The van der Waals surface area contributed by atoms with Gasteiger partial charge in [-0.3, -0.25) is 9.59 Å². The van der Waals surface area contributed by atoms with Crippen molar-refractivity contribution in [2.45, 2.75) is 19.0 Å². The quantitative estimate of drug-likeness (QED) is 0.559. The second-order valence-corrected chi connectivity index (χ2v) is 6.64. The molecule has 2 N–H and O–H groups in total. The summed E-state index contributed by atoms with van der Waals surface area (Å²) in [6.07, 6.45) is -3.55. The number of carbonyl (C=O) groups is 2. The third-order valence-corrected chi connectivity index (χ3v) is 4.36. The summed E-state index contributed by atoms with van der Waals surface area (Å²) < 4.78 is 38.3. The predicted molar refractivity (Wildman–Crippen MR) is 109 cm³/mol. The molecular weight excluding hydrogens is 393 g/mol. The minimum Gasteiger partial charge on any atom is -0.326 e. The lowest BCUT2D eigenvalue weighted by Crippen LogP contribution is -2.14. The second-order valence-electron chi connectivity index (χ2n) is 6.64. The molecule has 0 saturated heterocycles. The molecule has 30 heavy (non-hydrogen) atoms. The topological polar surface area (TPSA) is 58.2 Å². The normalized spacial score (nSPS) is 11.0. The van der Waals surface area contributed by atoms with E-state index in [2.05, 4.69) is 10.6 Å². The fourth-order valence-electron chi connectivity index (χ4n) is 2.81. The van der Waals surface area contributed by atoms with Gasteiger partial charge in [0.25, 0.3) is 5.91 Å². The Morgan fingerprint density at radius 3 is 2.13 bits per heavy atom. The van der Waals surface area contributed by atoms with Gasteiger partial charge < -0.3 is 10.6 Å². The molecule has 0 saturated carbocycles. The predicted octanol–water partition coefficient (Wildman–Crippen LogP) is 5.53. The molecule has 0 spiro atoms. The summed E-state index contributed by atoms with van der Waals surface area (Å²) in [6, 6.07) is 20.2. The highest BCUT2D eigenvalue weighted by atomic mass is 19.4. The Balaban J connectivity index is 1.56. The van der Waals surface area contributed by atoms with Gasteiger partial charge in [0.2, 0.25) is 5.91 Å². The van der Waals surface area contributed by atoms with Crippen molar-refractivity contribution in [2.24, 2.45) is 0 Å². The van der Waals surface area contributed by atoms with Gasteiger partial charge in [-0.05, 0) is 54.4 Å². The van der Waals surface area contributed by atoms with Crippen molar-refractivity contribution in [1.82, 2.24) is 0 Å². The van der Waals surface area contributed by atoms with Crippen molar-refractivity contribution < 1.29 is 22.8 Å². The number of benzene rings is 3. The maximum absolute atomic E-state index is 12.8. The average Bonchev–Trinajstić information content (AvgIpc) is 2.73. The van der Waals surface area contributed by atoms with E-state index in [0.29, 0.717) is 18.5 Å². The standard InChI is InChI=1S/C23H19F3N2O2/c24-23(25,26)18-7-4-8-20(15-18)28-22(30)17-10-12-19(13-11-17)27-21(29)14-9-16-5-2-1-3-6-16/h1-8,10-13,15H,9,14H2,(H,27,29)(H,28,30). The van der Waals surface area contributed by atoms with Crippen LogP contribution in [0.5, 0.6) is 0 Å². The highest BCUT2D eigenvalue weighted by Gasteiger charge is 2.30. The van der Waals surface area contributed by atoms with Crippen LogP contribution in [0.4, 0.5) is 24.5 Å². The van der Waals surface area contributed by atoms with Gasteiger partial charge in [0.15, 0.2) is 0 Å². The first-order valence-electron chi connectivity index (χ1n) is 9.24. The largest absolute Gasteiger partial charge is 0.416 e. The van der Waals surface area contributed by atoms with Gasteiger partial charge in [0.1, 0.15) is 0 Å². The monoisotopic (exact) mass is 412 g/mol. The molecular formula is C23H19F3N2O2. The Hall–Kier alpha value is -3.61. The molecule has 7 heteroatoms. The van der Waals surface area contributed by atoms with Gasteiger partial charge in [-0.15, -0.1) is 0 Å². The van der Waals surface area contributed by atoms with E-state index in [4.69, 9.17) is 0 Å². The zero-order valence-electron chi connectivity index (χ0n) is 15.9. The lowest BCUT2D eigenvalue weighted by Gasteiger charge is -2.10. The third kappa shape index (κ3) is 5.94. The summed E-state index contributed by atoms with van der Waals surface area (Å²) in [6.45, 7) is 0. The minimum atomic E-state index is -4.49. The highest BCUT2D eigenvalue weighted by molar-refractivity contribution is 6.04. The van der Waals surface area contributed by atoms with E-state index in [0.717, 1.165) is 17.7 Å². The zero-order chi connectivity index (χ0) is 21.6. The number of halogens is 3. The summed E-state index contributed by atoms with van der Waals surface area (Å²) in [7, 11) is 0. The van der Waals surface area contributed by atoms with Crippen molar-refractivity contribution in [3.05, 3.63) is 95.6 Å². The van der Waals surface area contributed by atoms with Crippen LogP contribution in [0.2, 0.25) is 0 Å². The first-order valence-corrected chi connectivity index (χ1v) is 9.24. The van der Waals surface area contributed by atoms with Crippen molar-refractivity contribution in [3.63, 3.8) is 0 Å². The number of aryl methyl sites for hydroxylation is 1. The Bertz CT molecular complexity index is 1020. The Morgan fingerprint density at radius 1 is 0.767 bits per heavy atom. The Morgan fingerprint density at radius 2 is 1.47 bits per heavy atom. The second kappa shape index (κ2) is 9.26. The SMILES string of the molecule is O=C(CCc1ccccc1)Nc1ccc(C(=O)Nc2cccc(C(F)(F)F)c2)cc1. The zero-order valence-corrected chi connectivity index (χ0v) is 15.9. The van der Waals surface area contributed by atoms with Crippen LogP contribution in [-0.2, 0) is 17.4 Å². The fourth-order valence-corrected chi connectivity index (χ4v) is 2.81. The van der Waals surface area contributed by atoms with Crippen LogP contribution in [0.25, 0.3) is 0 Å². The molecule has 0 aromatic heterocycles. The van der Waals surface area contributed by atoms with Crippen LogP contribution in [0, 0.1) is 0 Å². The summed E-state index contributed by atoms with van der Waals surface area (Å²) in [5.74, 6) is -0.698. The maximum Gasteiger partial charge on any atom is 0.416 e.